The van der Waals surface area contributed by atoms with E-state index in [0.717, 1.165) is 5.76 Å². The molecule has 0 aliphatic rings. The van der Waals surface area contributed by atoms with Crippen molar-refractivity contribution in [2.24, 2.45) is 0 Å². The van der Waals surface area contributed by atoms with Crippen molar-refractivity contribution >= 4 is 64.0 Å². The van der Waals surface area contributed by atoms with Crippen LogP contribution in [0, 0.1) is 28.7 Å². The van der Waals surface area contributed by atoms with Gasteiger partial charge in [-0.25, -0.2) is 0 Å². The van der Waals surface area contributed by atoms with Gasteiger partial charge in [0, 0.05) is 0 Å². The van der Waals surface area contributed by atoms with Crippen LogP contribution in [-0.2, 0) is 23.3 Å². The van der Waals surface area contributed by atoms with Crippen molar-refractivity contribution in [2.45, 2.75) is 13.8 Å². The molecule has 0 atom stereocenters. The molecule has 0 unspecified atom stereocenters. The van der Waals surface area contributed by atoms with E-state index in [1.807, 2.05) is 12.1 Å². The van der Waals surface area contributed by atoms with E-state index >= 15 is 0 Å². The fourth-order valence-electron chi connectivity index (χ4n) is 4.15. The molecule has 5 heteroatoms. The minimum absolute atomic E-state index is 0. The van der Waals surface area contributed by atoms with Gasteiger partial charge in [-0.05, 0) is 17.7 Å². The van der Waals surface area contributed by atoms with E-state index in [0.29, 0.717) is 0 Å². The van der Waals surface area contributed by atoms with Crippen LogP contribution in [0.25, 0.3) is 43.6 Å². The molecule has 1 heterocycles. The molecule has 0 amide bonds. The van der Waals surface area contributed by atoms with Crippen molar-refractivity contribution in [2.75, 3.05) is 0 Å². The number of furan rings is 1. The van der Waals surface area contributed by atoms with Crippen molar-refractivity contribution in [3.05, 3.63) is 123 Å². The molecule has 6 rings (SSSR count). The quantitative estimate of drug-likeness (QED) is 0.136. The molecule has 182 valence electrons. The molecule has 1 aromatic heterocycles. The summed E-state index contributed by atoms with van der Waals surface area (Å²) in [5.74, 6) is 0.936. The molecule has 0 fully saturated rings. The van der Waals surface area contributed by atoms with Crippen LogP contribution in [0.2, 0.25) is 0 Å². The molecular weight excluding hydrogens is 567 g/mol. The van der Waals surface area contributed by atoms with E-state index in [9.17, 15) is 0 Å². The Morgan fingerprint density at radius 3 is 2.09 bits per heavy atom. The van der Waals surface area contributed by atoms with Crippen molar-refractivity contribution in [3.63, 3.8) is 0 Å². The first-order valence-corrected chi connectivity index (χ1v) is 14.4. The summed E-state index contributed by atoms with van der Waals surface area (Å²) >= 11 is 1.36. The van der Waals surface area contributed by atoms with Gasteiger partial charge in [-0.1, -0.05) is 61.0 Å². The molecule has 6 aromatic rings. The zero-order valence-corrected chi connectivity index (χ0v) is 25.6. The van der Waals surface area contributed by atoms with Gasteiger partial charge in [-0.2, -0.15) is 12.1 Å². The third-order valence-corrected chi connectivity index (χ3v) is 5.44. The fraction of sp³-hybridized carbons (Fsp3) is 0.0667. The standard InChI is InChI=1S/C14H11O.C14H11.2CH3.2ClH.Si.Zr/c1-10-8-11-4-2-5-12(13(11)9-10)14-6-3-7-15-14;1-10-8-12-7-6-11-4-2-3-5-13(11)14(12)9-10;;;;;;/h2-9H,1H3;2-9H,1H3;2*1H3;2*1H;;/q4*-1;;;;. The third kappa shape index (κ3) is 7.30. The Hall–Kier alpha value is -1.90. The third-order valence-electron chi connectivity index (χ3n) is 5.44. The van der Waals surface area contributed by atoms with Crippen LogP contribution < -0.4 is 0 Å². The zero-order valence-electron chi connectivity index (χ0n) is 20.5. The predicted molar refractivity (Wildman–Crippen MR) is 157 cm³/mol. The minimum atomic E-state index is 0. The molecule has 0 spiro atoms. The first kappa shape index (κ1) is 33.1. The molecule has 0 saturated heterocycles. The zero-order chi connectivity index (χ0) is 21.8. The van der Waals surface area contributed by atoms with Crippen molar-refractivity contribution in [1.82, 2.24) is 0 Å². The van der Waals surface area contributed by atoms with Gasteiger partial charge in [-0.15, -0.1) is 87.8 Å². The molecule has 5 aromatic carbocycles. The molecule has 0 saturated carbocycles. The van der Waals surface area contributed by atoms with Crippen LogP contribution in [0.1, 0.15) is 11.1 Å². The molecule has 1 nitrogen and oxygen atoms in total. The Balaban J connectivity index is 0.000000558. The SMILES string of the molecule is Cc1cc2c(-c3ccco3)cccc2[cH-]1.Cc1cc2ccc3ccccc3c2[cH-]1.Cl.Cl.[CH3-].[CH3-].[Si]=[Zr]. The van der Waals surface area contributed by atoms with Crippen molar-refractivity contribution in [3.8, 4) is 11.3 Å². The van der Waals surface area contributed by atoms with E-state index in [2.05, 4.69) is 99.6 Å². The van der Waals surface area contributed by atoms with Crippen LogP contribution >= 0.6 is 24.8 Å². The summed E-state index contributed by atoms with van der Waals surface area (Å²) in [6.45, 7) is 7.33. The van der Waals surface area contributed by atoms with Crippen LogP contribution in [0.4, 0.5) is 0 Å². The van der Waals surface area contributed by atoms with Gasteiger partial charge >= 0.3 is 30.2 Å². The van der Waals surface area contributed by atoms with E-state index in [-0.39, 0.29) is 39.7 Å². The number of benzene rings is 3. The number of aryl methyl sites for hydroxylation is 2. The van der Waals surface area contributed by atoms with E-state index < -0.39 is 0 Å². The molecule has 2 radical (unpaired) electrons. The summed E-state index contributed by atoms with van der Waals surface area (Å²) in [5.41, 5.74) is 3.81. The fourth-order valence-corrected chi connectivity index (χ4v) is 4.15. The maximum atomic E-state index is 5.44. The Morgan fingerprint density at radius 1 is 0.686 bits per heavy atom. The molecule has 0 aliphatic heterocycles. The van der Waals surface area contributed by atoms with Gasteiger partial charge in [0.15, 0.2) is 0 Å². The van der Waals surface area contributed by atoms with E-state index in [4.69, 9.17) is 4.42 Å². The maximum absolute atomic E-state index is 5.44. The summed E-state index contributed by atoms with van der Waals surface area (Å²) in [5, 5.41) is 7.96. The summed E-state index contributed by atoms with van der Waals surface area (Å²) in [6, 6.07) is 32.1. The Labute approximate surface area is 238 Å². The summed E-state index contributed by atoms with van der Waals surface area (Å²) in [7, 11) is 0. The second-order valence-electron chi connectivity index (χ2n) is 7.64. The second-order valence-corrected chi connectivity index (χ2v) is 7.64. The molecule has 0 N–H and O–H groups in total. The number of rotatable bonds is 1. The average Bonchev–Trinajstić information content (AvgIpc) is 3.53. The number of hydrogen-bond acceptors (Lipinski definition) is 1. The molecule has 35 heavy (non-hydrogen) atoms. The molecular formula is C30H30Cl2OSiZr-4. The normalized spacial score (nSPS) is 9.29. The van der Waals surface area contributed by atoms with E-state index in [1.54, 1.807) is 6.26 Å². The molecule has 0 aliphatic carbocycles. The Morgan fingerprint density at radius 2 is 1.37 bits per heavy atom. The topological polar surface area (TPSA) is 13.1 Å². The number of fused-ring (bicyclic) bond motifs is 4. The first-order chi connectivity index (χ1) is 15.2. The summed E-state index contributed by atoms with van der Waals surface area (Å²) < 4.78 is 5.44. The van der Waals surface area contributed by atoms with Gasteiger partial charge in [0.05, 0.1) is 6.26 Å². The first-order valence-electron chi connectivity index (χ1n) is 10.2. The predicted octanol–water partition coefficient (Wildman–Crippen LogP) is 9.51. The van der Waals surface area contributed by atoms with Gasteiger partial charge < -0.3 is 19.3 Å². The van der Waals surface area contributed by atoms with Gasteiger partial charge in [0.25, 0.3) is 0 Å². The average molecular weight is 597 g/mol. The van der Waals surface area contributed by atoms with Crippen LogP contribution in [0.15, 0.2) is 102 Å². The van der Waals surface area contributed by atoms with Crippen LogP contribution in [-0.4, -0.2) is 6.88 Å². The van der Waals surface area contributed by atoms with Crippen LogP contribution in [0.3, 0.4) is 0 Å². The van der Waals surface area contributed by atoms with Crippen molar-refractivity contribution in [1.29, 1.82) is 0 Å². The van der Waals surface area contributed by atoms with Gasteiger partial charge in [-0.3, -0.25) is 0 Å². The van der Waals surface area contributed by atoms with E-state index in [1.165, 1.54) is 72.3 Å². The van der Waals surface area contributed by atoms with Crippen molar-refractivity contribution < 1.29 is 27.8 Å². The van der Waals surface area contributed by atoms with Gasteiger partial charge in [0.2, 0.25) is 0 Å². The van der Waals surface area contributed by atoms with Gasteiger partial charge in [0.1, 0.15) is 5.76 Å². The summed E-state index contributed by atoms with van der Waals surface area (Å²) in [4.78, 5) is 0. The molecule has 0 bridgehead atoms. The monoisotopic (exact) mass is 594 g/mol. The Kier molecular flexibility index (Phi) is 14.4. The Bertz CT molecular complexity index is 1450. The number of hydrogen-bond donors (Lipinski definition) is 0. The second kappa shape index (κ2) is 15.3. The summed E-state index contributed by atoms with van der Waals surface area (Å²) in [6.07, 6.45) is 1.71. The number of halogens is 2. The van der Waals surface area contributed by atoms with Crippen LogP contribution in [0.5, 0.6) is 0 Å².